The average molecular weight is 138 g/mol. The van der Waals surface area contributed by atoms with Gasteiger partial charge in [0.15, 0.2) is 0 Å². The van der Waals surface area contributed by atoms with E-state index in [1.807, 2.05) is 19.4 Å². The van der Waals surface area contributed by atoms with E-state index in [1.54, 1.807) is 0 Å². The van der Waals surface area contributed by atoms with E-state index in [9.17, 15) is 0 Å². The molecule has 0 aliphatic heterocycles. The van der Waals surface area contributed by atoms with Crippen molar-refractivity contribution in [3.8, 4) is 0 Å². The van der Waals surface area contributed by atoms with Crippen molar-refractivity contribution < 1.29 is 0 Å². The second kappa shape index (κ2) is 2.11. The molecule has 0 aliphatic rings. The Labute approximate surface area is 61.9 Å². The zero-order chi connectivity index (χ0) is 7.78. The molecule has 0 bridgehead atoms. The third kappa shape index (κ3) is 1.20. The Morgan fingerprint density at radius 3 is 2.20 bits per heavy atom. The van der Waals surface area contributed by atoms with Gasteiger partial charge in [-0.25, -0.2) is 4.98 Å². The molecule has 0 aromatic carbocycles. The highest BCUT2D eigenvalue weighted by Crippen LogP contribution is 2.18. The van der Waals surface area contributed by atoms with E-state index in [0.717, 1.165) is 5.82 Å². The normalized spacial score (nSPS) is 12.0. The summed E-state index contributed by atoms with van der Waals surface area (Å²) in [5.41, 5.74) is 0.165. The van der Waals surface area contributed by atoms with Crippen molar-refractivity contribution in [3.05, 3.63) is 18.2 Å². The monoisotopic (exact) mass is 138 g/mol. The number of imidazole rings is 1. The molecule has 56 valence electrons. The van der Waals surface area contributed by atoms with Gasteiger partial charge in [-0.2, -0.15) is 0 Å². The van der Waals surface area contributed by atoms with Gasteiger partial charge in [0.1, 0.15) is 5.82 Å². The Hall–Kier alpha value is -0.790. The molecule has 1 rings (SSSR count). The number of hydrogen-bond donors (Lipinski definition) is 0. The van der Waals surface area contributed by atoms with E-state index in [4.69, 9.17) is 0 Å². The van der Waals surface area contributed by atoms with Crippen LogP contribution >= 0.6 is 0 Å². The molecule has 0 atom stereocenters. The molecule has 0 spiro atoms. The fourth-order valence-corrected chi connectivity index (χ4v) is 1.09. The van der Waals surface area contributed by atoms with E-state index < -0.39 is 0 Å². The minimum absolute atomic E-state index is 0.165. The second-order valence-electron chi connectivity index (χ2n) is 3.61. The molecule has 0 saturated carbocycles. The van der Waals surface area contributed by atoms with Crippen molar-refractivity contribution in [2.75, 3.05) is 0 Å². The Morgan fingerprint density at radius 2 is 2.00 bits per heavy atom. The molecule has 0 unspecified atom stereocenters. The highest BCUT2D eigenvalue weighted by atomic mass is 15.0. The molecule has 0 amide bonds. The molecule has 0 N–H and O–H groups in total. The molecular formula is C8H14N2. The van der Waals surface area contributed by atoms with Gasteiger partial charge in [-0.1, -0.05) is 20.8 Å². The predicted octanol–water partition coefficient (Wildman–Crippen LogP) is 1.72. The van der Waals surface area contributed by atoms with Crippen molar-refractivity contribution in [2.24, 2.45) is 7.05 Å². The summed E-state index contributed by atoms with van der Waals surface area (Å²) in [6.07, 6.45) is 3.81. The summed E-state index contributed by atoms with van der Waals surface area (Å²) < 4.78 is 2.06. The molecule has 2 heteroatoms. The predicted molar refractivity (Wildman–Crippen MR) is 41.9 cm³/mol. The maximum atomic E-state index is 4.25. The van der Waals surface area contributed by atoms with Gasteiger partial charge in [0.05, 0.1) is 0 Å². The number of nitrogens with zero attached hydrogens (tertiary/aromatic N) is 2. The Kier molecular flexibility index (Phi) is 1.55. The first kappa shape index (κ1) is 7.32. The van der Waals surface area contributed by atoms with Gasteiger partial charge in [-0.05, 0) is 0 Å². The van der Waals surface area contributed by atoms with Crippen molar-refractivity contribution in [2.45, 2.75) is 26.2 Å². The summed E-state index contributed by atoms with van der Waals surface area (Å²) in [4.78, 5) is 4.25. The quantitative estimate of drug-likeness (QED) is 0.533. The summed E-state index contributed by atoms with van der Waals surface area (Å²) >= 11 is 0. The lowest BCUT2D eigenvalue weighted by Gasteiger charge is -2.17. The largest absolute Gasteiger partial charge is 0.338 e. The highest BCUT2D eigenvalue weighted by molar-refractivity contribution is 5.03. The first-order valence-corrected chi connectivity index (χ1v) is 3.49. The number of aromatic nitrogens is 2. The lowest BCUT2D eigenvalue weighted by Crippen LogP contribution is -2.16. The van der Waals surface area contributed by atoms with E-state index >= 15 is 0 Å². The zero-order valence-electron chi connectivity index (χ0n) is 7.05. The van der Waals surface area contributed by atoms with Gasteiger partial charge < -0.3 is 4.57 Å². The van der Waals surface area contributed by atoms with Crippen LogP contribution in [0.15, 0.2) is 12.4 Å². The molecule has 0 fully saturated rings. The van der Waals surface area contributed by atoms with Crippen LogP contribution in [0.25, 0.3) is 0 Å². The number of rotatable bonds is 0. The first-order chi connectivity index (χ1) is 4.52. The van der Waals surface area contributed by atoms with Crippen LogP contribution in [0.2, 0.25) is 0 Å². The van der Waals surface area contributed by atoms with Crippen molar-refractivity contribution in [3.63, 3.8) is 0 Å². The summed E-state index contributed by atoms with van der Waals surface area (Å²) in [7, 11) is 2.02. The van der Waals surface area contributed by atoms with Crippen molar-refractivity contribution in [1.29, 1.82) is 0 Å². The van der Waals surface area contributed by atoms with Gasteiger partial charge in [-0.3, -0.25) is 0 Å². The van der Waals surface area contributed by atoms with E-state index in [1.165, 1.54) is 0 Å². The molecule has 1 heterocycles. The van der Waals surface area contributed by atoms with E-state index in [-0.39, 0.29) is 5.41 Å². The van der Waals surface area contributed by atoms with Crippen LogP contribution < -0.4 is 0 Å². The summed E-state index contributed by atoms with van der Waals surface area (Å²) in [6.45, 7) is 6.49. The third-order valence-electron chi connectivity index (χ3n) is 1.49. The smallest absolute Gasteiger partial charge is 0.113 e. The van der Waals surface area contributed by atoms with Crippen LogP contribution in [-0.4, -0.2) is 9.55 Å². The van der Waals surface area contributed by atoms with Crippen molar-refractivity contribution in [1.82, 2.24) is 9.55 Å². The third-order valence-corrected chi connectivity index (χ3v) is 1.49. The van der Waals surface area contributed by atoms with Crippen LogP contribution in [0.1, 0.15) is 26.6 Å². The number of aryl methyl sites for hydroxylation is 1. The molecule has 0 saturated heterocycles. The SMILES string of the molecule is Cn1ccnc1C(C)(C)C. The average Bonchev–Trinajstić information content (AvgIpc) is 2.11. The van der Waals surface area contributed by atoms with Gasteiger partial charge in [0, 0.05) is 24.9 Å². The summed E-state index contributed by atoms with van der Waals surface area (Å²) in [5, 5.41) is 0. The molecule has 10 heavy (non-hydrogen) atoms. The Morgan fingerprint density at radius 1 is 1.40 bits per heavy atom. The van der Waals surface area contributed by atoms with Gasteiger partial charge >= 0.3 is 0 Å². The Balaban J connectivity index is 3.05. The van der Waals surface area contributed by atoms with Gasteiger partial charge in [-0.15, -0.1) is 0 Å². The lowest BCUT2D eigenvalue weighted by molar-refractivity contribution is 0.522. The van der Waals surface area contributed by atoms with Crippen LogP contribution in [-0.2, 0) is 12.5 Å². The molecule has 1 aromatic rings. The van der Waals surface area contributed by atoms with Crippen LogP contribution in [0.3, 0.4) is 0 Å². The summed E-state index contributed by atoms with van der Waals surface area (Å²) in [5.74, 6) is 1.13. The van der Waals surface area contributed by atoms with Gasteiger partial charge in [0.25, 0.3) is 0 Å². The van der Waals surface area contributed by atoms with E-state index in [0.29, 0.717) is 0 Å². The Bertz CT molecular complexity index is 217. The maximum Gasteiger partial charge on any atom is 0.113 e. The molecule has 1 aromatic heterocycles. The fourth-order valence-electron chi connectivity index (χ4n) is 1.09. The van der Waals surface area contributed by atoms with Crippen molar-refractivity contribution >= 4 is 0 Å². The zero-order valence-corrected chi connectivity index (χ0v) is 7.05. The van der Waals surface area contributed by atoms with Crippen LogP contribution in [0.5, 0.6) is 0 Å². The molecule has 0 radical (unpaired) electrons. The second-order valence-corrected chi connectivity index (χ2v) is 3.61. The minimum Gasteiger partial charge on any atom is -0.338 e. The first-order valence-electron chi connectivity index (χ1n) is 3.49. The molecular weight excluding hydrogens is 124 g/mol. The topological polar surface area (TPSA) is 17.8 Å². The molecule has 0 aliphatic carbocycles. The molecule has 2 nitrogen and oxygen atoms in total. The van der Waals surface area contributed by atoms with Gasteiger partial charge in [0.2, 0.25) is 0 Å². The number of hydrogen-bond acceptors (Lipinski definition) is 1. The highest BCUT2D eigenvalue weighted by Gasteiger charge is 2.17. The standard InChI is InChI=1S/C8H14N2/c1-8(2,3)7-9-5-6-10(7)4/h5-6H,1-4H3. The summed E-state index contributed by atoms with van der Waals surface area (Å²) in [6, 6.07) is 0. The maximum absolute atomic E-state index is 4.25. The lowest BCUT2D eigenvalue weighted by atomic mass is 9.96. The van der Waals surface area contributed by atoms with Crippen LogP contribution in [0, 0.1) is 0 Å². The van der Waals surface area contributed by atoms with E-state index in [2.05, 4.69) is 30.3 Å². The fraction of sp³-hybridized carbons (Fsp3) is 0.625. The van der Waals surface area contributed by atoms with Crippen LogP contribution in [0.4, 0.5) is 0 Å². The minimum atomic E-state index is 0.165.